The number of hydrogen-bond acceptors (Lipinski definition) is 5. The maximum atomic E-state index is 13.2. The molecule has 2 aromatic heterocycles. The van der Waals surface area contributed by atoms with E-state index in [9.17, 15) is 14.7 Å². The summed E-state index contributed by atoms with van der Waals surface area (Å²) >= 11 is 1.46. The molecule has 0 fully saturated rings. The molecular weight excluding hydrogens is 384 g/mol. The highest BCUT2D eigenvalue weighted by Gasteiger charge is 2.14. The van der Waals surface area contributed by atoms with E-state index in [0.717, 1.165) is 16.7 Å². The van der Waals surface area contributed by atoms with Crippen LogP contribution in [0.5, 0.6) is 0 Å². The van der Waals surface area contributed by atoms with Crippen LogP contribution in [0.2, 0.25) is 0 Å². The minimum Gasteiger partial charge on any atom is -0.545 e. The summed E-state index contributed by atoms with van der Waals surface area (Å²) in [4.78, 5) is 29.2. The summed E-state index contributed by atoms with van der Waals surface area (Å²) in [6.45, 7) is 4.62. The number of thiophene rings is 1. The van der Waals surface area contributed by atoms with Crippen molar-refractivity contribution in [3.63, 3.8) is 0 Å². The zero-order valence-electron chi connectivity index (χ0n) is 16.1. The predicted molar refractivity (Wildman–Crippen MR) is 113 cm³/mol. The molecule has 2 heterocycles. The van der Waals surface area contributed by atoms with E-state index < -0.39 is 5.97 Å². The Morgan fingerprint density at radius 2 is 1.79 bits per heavy atom. The molecule has 0 saturated heterocycles. The highest BCUT2D eigenvalue weighted by Crippen LogP contribution is 2.31. The van der Waals surface area contributed by atoms with Gasteiger partial charge in [0.05, 0.1) is 24.2 Å². The van der Waals surface area contributed by atoms with Crippen molar-refractivity contribution in [3.05, 3.63) is 87.3 Å². The molecule has 0 saturated carbocycles. The summed E-state index contributed by atoms with van der Waals surface area (Å²) in [6, 6.07) is 14.6. The summed E-state index contributed by atoms with van der Waals surface area (Å²) in [6.07, 6.45) is 1.54. The molecule has 0 unspecified atom stereocenters. The van der Waals surface area contributed by atoms with Crippen LogP contribution in [0.4, 0.5) is 0 Å². The van der Waals surface area contributed by atoms with Crippen molar-refractivity contribution in [2.45, 2.75) is 26.3 Å². The van der Waals surface area contributed by atoms with E-state index in [2.05, 4.69) is 31.0 Å². The van der Waals surface area contributed by atoms with Crippen LogP contribution in [-0.2, 0) is 6.54 Å². The maximum absolute atomic E-state index is 13.2. The molecule has 4 rings (SSSR count). The molecule has 0 N–H and O–H groups in total. The summed E-state index contributed by atoms with van der Waals surface area (Å²) < 4.78 is 1.55. The number of aromatic carboxylic acids is 1. The summed E-state index contributed by atoms with van der Waals surface area (Å²) in [5.41, 5.74) is 3.96. The molecule has 0 aliphatic carbocycles. The van der Waals surface area contributed by atoms with Crippen molar-refractivity contribution >= 4 is 27.5 Å². The average Bonchev–Trinajstić information content (AvgIpc) is 3.15. The first-order chi connectivity index (χ1) is 13.9. The molecule has 0 radical (unpaired) electrons. The molecule has 0 bridgehead atoms. The maximum Gasteiger partial charge on any atom is 0.263 e. The van der Waals surface area contributed by atoms with Crippen LogP contribution in [0.15, 0.2) is 65.0 Å². The summed E-state index contributed by atoms with van der Waals surface area (Å²) in [7, 11) is 0. The van der Waals surface area contributed by atoms with Crippen LogP contribution in [0.3, 0.4) is 0 Å². The Hall–Kier alpha value is -3.25. The fourth-order valence-electron chi connectivity index (χ4n) is 3.28. The smallest absolute Gasteiger partial charge is 0.263 e. The van der Waals surface area contributed by atoms with Crippen molar-refractivity contribution in [1.29, 1.82) is 0 Å². The topological polar surface area (TPSA) is 75.0 Å². The lowest BCUT2D eigenvalue weighted by Crippen LogP contribution is -2.22. The van der Waals surface area contributed by atoms with Gasteiger partial charge in [0.15, 0.2) is 0 Å². The molecule has 0 amide bonds. The molecule has 4 aromatic rings. The van der Waals surface area contributed by atoms with Crippen molar-refractivity contribution in [1.82, 2.24) is 9.55 Å². The number of carboxylic acid groups (broad SMARTS) is 1. The number of nitrogens with zero attached hydrogens (tertiary/aromatic N) is 2. The van der Waals surface area contributed by atoms with E-state index >= 15 is 0 Å². The number of rotatable bonds is 5. The van der Waals surface area contributed by atoms with Gasteiger partial charge in [0.25, 0.3) is 5.56 Å². The first kappa shape index (κ1) is 19.1. The molecule has 0 spiro atoms. The number of hydrogen-bond donors (Lipinski definition) is 0. The first-order valence-electron chi connectivity index (χ1n) is 9.31. The van der Waals surface area contributed by atoms with Crippen LogP contribution in [0.1, 0.15) is 41.3 Å². The second-order valence-electron chi connectivity index (χ2n) is 7.27. The normalized spacial score (nSPS) is 11.3. The molecule has 2 aromatic carbocycles. The fourth-order valence-corrected chi connectivity index (χ4v) is 4.19. The highest BCUT2D eigenvalue weighted by molar-refractivity contribution is 7.17. The fraction of sp³-hybridized carbons (Fsp3) is 0.174. The Morgan fingerprint density at radius 1 is 1.10 bits per heavy atom. The van der Waals surface area contributed by atoms with Gasteiger partial charge in [0, 0.05) is 10.9 Å². The minimum atomic E-state index is -1.22. The van der Waals surface area contributed by atoms with Gasteiger partial charge in [0.1, 0.15) is 4.83 Å². The predicted octanol–water partition coefficient (Wildman–Crippen LogP) is 3.66. The third kappa shape index (κ3) is 3.71. The summed E-state index contributed by atoms with van der Waals surface area (Å²) in [5.74, 6) is -0.770. The first-order valence-corrected chi connectivity index (χ1v) is 10.2. The van der Waals surface area contributed by atoms with Gasteiger partial charge < -0.3 is 9.90 Å². The van der Waals surface area contributed by atoms with Gasteiger partial charge >= 0.3 is 0 Å². The molecule has 0 aliphatic rings. The number of benzene rings is 2. The molecule has 0 aliphatic heterocycles. The van der Waals surface area contributed by atoms with Crippen LogP contribution in [0.25, 0.3) is 21.3 Å². The number of carbonyl (C=O) groups is 1. The molecule has 6 heteroatoms. The third-order valence-electron chi connectivity index (χ3n) is 4.99. The second kappa shape index (κ2) is 7.64. The van der Waals surface area contributed by atoms with E-state index in [4.69, 9.17) is 0 Å². The van der Waals surface area contributed by atoms with E-state index in [-0.39, 0.29) is 11.1 Å². The molecular formula is C23H19N2O3S-. The van der Waals surface area contributed by atoms with Crippen LogP contribution in [0, 0.1) is 0 Å². The van der Waals surface area contributed by atoms with Crippen LogP contribution < -0.4 is 10.7 Å². The van der Waals surface area contributed by atoms with Gasteiger partial charge in [-0.1, -0.05) is 62.4 Å². The van der Waals surface area contributed by atoms with Crippen LogP contribution >= 0.6 is 11.3 Å². The Morgan fingerprint density at radius 3 is 2.41 bits per heavy atom. The van der Waals surface area contributed by atoms with E-state index in [1.807, 2.05) is 17.5 Å². The Bertz CT molecular complexity index is 1240. The lowest BCUT2D eigenvalue weighted by atomic mass is 9.99. The monoisotopic (exact) mass is 403 g/mol. The van der Waals surface area contributed by atoms with Gasteiger partial charge in [-0.15, -0.1) is 11.3 Å². The van der Waals surface area contributed by atoms with Crippen molar-refractivity contribution in [2.75, 3.05) is 0 Å². The van der Waals surface area contributed by atoms with Crippen molar-refractivity contribution in [2.24, 2.45) is 0 Å². The van der Waals surface area contributed by atoms with Crippen LogP contribution in [-0.4, -0.2) is 15.5 Å². The third-order valence-corrected chi connectivity index (χ3v) is 5.88. The highest BCUT2D eigenvalue weighted by atomic mass is 32.1. The van der Waals surface area contributed by atoms with Gasteiger partial charge in [0.2, 0.25) is 0 Å². The lowest BCUT2D eigenvalue weighted by molar-refractivity contribution is -0.255. The second-order valence-corrected chi connectivity index (χ2v) is 8.13. The molecule has 0 atom stereocenters. The minimum absolute atomic E-state index is 0.108. The summed E-state index contributed by atoms with van der Waals surface area (Å²) in [5, 5.41) is 13.5. The van der Waals surface area contributed by atoms with Gasteiger partial charge in [-0.3, -0.25) is 9.36 Å². The van der Waals surface area contributed by atoms with Crippen molar-refractivity contribution < 1.29 is 9.90 Å². The Balaban J connectivity index is 1.72. The molecule has 146 valence electrons. The Kier molecular flexibility index (Phi) is 5.03. The van der Waals surface area contributed by atoms with Crippen molar-refractivity contribution in [3.8, 4) is 11.1 Å². The van der Waals surface area contributed by atoms with E-state index in [0.29, 0.717) is 22.7 Å². The number of carboxylic acids is 1. The quantitative estimate of drug-likeness (QED) is 0.510. The van der Waals surface area contributed by atoms with Gasteiger partial charge in [-0.25, -0.2) is 4.98 Å². The zero-order valence-corrected chi connectivity index (χ0v) is 16.9. The van der Waals surface area contributed by atoms with Gasteiger partial charge in [-0.05, 0) is 28.2 Å². The number of carbonyl (C=O) groups excluding carboxylic acids is 1. The van der Waals surface area contributed by atoms with E-state index in [1.165, 1.54) is 29.0 Å². The zero-order chi connectivity index (χ0) is 20.5. The Labute approximate surface area is 171 Å². The molecule has 29 heavy (non-hydrogen) atoms. The van der Waals surface area contributed by atoms with Gasteiger partial charge in [-0.2, -0.15) is 0 Å². The SMILES string of the molecule is CC(C)c1ccc(-c2csc3ncn(Cc4ccc(C(=O)[O-])cc4)c(=O)c23)cc1. The lowest BCUT2D eigenvalue weighted by Gasteiger charge is -2.09. The standard InChI is InChI=1S/C23H20N2O3S/c1-14(2)16-7-9-17(10-8-16)19-12-29-21-20(19)22(26)25(13-24-21)11-15-3-5-18(6-4-15)23(27)28/h3-10,12-14H,11H2,1-2H3,(H,27,28)/p-1. The molecule has 5 nitrogen and oxygen atoms in total. The van der Waals surface area contributed by atoms with E-state index in [1.54, 1.807) is 23.0 Å². The number of fused-ring (bicyclic) bond motifs is 1. The largest absolute Gasteiger partial charge is 0.545 e. The number of aromatic nitrogens is 2. The average molecular weight is 403 g/mol.